The van der Waals surface area contributed by atoms with Crippen molar-refractivity contribution < 1.29 is 14.3 Å². The number of pyridine rings is 1. The molecule has 0 saturated carbocycles. The Morgan fingerprint density at radius 3 is 2.48 bits per heavy atom. The molecule has 1 aliphatic heterocycles. The van der Waals surface area contributed by atoms with Gasteiger partial charge in [0.15, 0.2) is 0 Å². The maximum Gasteiger partial charge on any atom is 0.409 e. The molecule has 7 heteroatoms. The van der Waals surface area contributed by atoms with E-state index in [0.29, 0.717) is 25.4 Å². The summed E-state index contributed by atoms with van der Waals surface area (Å²) in [5.74, 6) is -0.0144. The number of rotatable bonds is 8. The van der Waals surface area contributed by atoms with Crippen LogP contribution in [0.1, 0.15) is 56.9 Å². The number of nitrogens with zero attached hydrogens (tertiary/aromatic N) is 3. The van der Waals surface area contributed by atoms with Gasteiger partial charge >= 0.3 is 6.09 Å². The second-order valence-corrected chi connectivity index (χ2v) is 6.83. The van der Waals surface area contributed by atoms with Gasteiger partial charge < -0.3 is 19.9 Å². The van der Waals surface area contributed by atoms with E-state index in [1.807, 2.05) is 24.0 Å². The van der Waals surface area contributed by atoms with Crippen molar-refractivity contribution in [2.75, 3.05) is 38.1 Å². The van der Waals surface area contributed by atoms with Gasteiger partial charge in [-0.2, -0.15) is 0 Å². The first kappa shape index (κ1) is 21.0. The number of hydrogen-bond acceptors (Lipinski definition) is 5. The van der Waals surface area contributed by atoms with Gasteiger partial charge in [0.1, 0.15) is 5.69 Å². The van der Waals surface area contributed by atoms with Crippen LogP contribution in [0.15, 0.2) is 18.3 Å². The van der Waals surface area contributed by atoms with E-state index in [4.69, 9.17) is 4.74 Å². The maximum absolute atomic E-state index is 12.7. The Bertz CT molecular complexity index is 609. The molecule has 0 spiro atoms. The minimum atomic E-state index is -0.236. The first-order chi connectivity index (χ1) is 13.1. The van der Waals surface area contributed by atoms with Crippen LogP contribution in [0, 0.1) is 0 Å². The Kier molecular flexibility index (Phi) is 8.36. The molecule has 1 aromatic heterocycles. The molecule has 1 fully saturated rings. The average Bonchev–Trinajstić information content (AvgIpc) is 2.68. The summed E-state index contributed by atoms with van der Waals surface area (Å²) in [4.78, 5) is 32.4. The maximum atomic E-state index is 12.7. The molecule has 0 radical (unpaired) electrons. The summed E-state index contributed by atoms with van der Waals surface area (Å²) in [5.41, 5.74) is 1.38. The fraction of sp³-hybridized carbons (Fsp3) is 0.650. The summed E-state index contributed by atoms with van der Waals surface area (Å²) in [6.45, 7) is 9.21. The molecule has 1 N–H and O–H groups in total. The van der Waals surface area contributed by atoms with Crippen LogP contribution in [0.25, 0.3) is 0 Å². The quantitative estimate of drug-likeness (QED) is 0.753. The summed E-state index contributed by atoms with van der Waals surface area (Å²) >= 11 is 0. The van der Waals surface area contributed by atoms with Gasteiger partial charge in [-0.05, 0) is 44.7 Å². The summed E-state index contributed by atoms with van der Waals surface area (Å²) in [6, 6.07) is 3.99. The van der Waals surface area contributed by atoms with Gasteiger partial charge in [-0.3, -0.25) is 9.78 Å². The molecule has 7 nitrogen and oxygen atoms in total. The van der Waals surface area contributed by atoms with Crippen LogP contribution in [-0.4, -0.2) is 65.6 Å². The van der Waals surface area contributed by atoms with Gasteiger partial charge in [0.25, 0.3) is 5.91 Å². The SMILES string of the molecule is CCCN(CCC)C(=O)c1cc(NC2CCN(C(=O)OCC)CC2)ccn1. The molecule has 2 rings (SSSR count). The van der Waals surface area contributed by atoms with E-state index in [1.54, 1.807) is 11.1 Å². The zero-order valence-electron chi connectivity index (χ0n) is 16.7. The van der Waals surface area contributed by atoms with Crippen molar-refractivity contribution in [3.05, 3.63) is 24.0 Å². The Morgan fingerprint density at radius 1 is 1.22 bits per heavy atom. The largest absolute Gasteiger partial charge is 0.450 e. The van der Waals surface area contributed by atoms with E-state index in [2.05, 4.69) is 24.1 Å². The van der Waals surface area contributed by atoms with Gasteiger partial charge in [-0.25, -0.2) is 4.79 Å². The number of ether oxygens (including phenoxy) is 1. The van der Waals surface area contributed by atoms with E-state index in [0.717, 1.165) is 44.5 Å². The van der Waals surface area contributed by atoms with Gasteiger partial charge in [0.2, 0.25) is 0 Å². The van der Waals surface area contributed by atoms with Crippen molar-refractivity contribution >= 4 is 17.7 Å². The summed E-state index contributed by atoms with van der Waals surface area (Å²) in [7, 11) is 0. The lowest BCUT2D eigenvalue weighted by Gasteiger charge is -2.32. The van der Waals surface area contributed by atoms with Crippen LogP contribution in [0.5, 0.6) is 0 Å². The third-order valence-corrected chi connectivity index (χ3v) is 4.65. The minimum Gasteiger partial charge on any atom is -0.450 e. The second-order valence-electron chi connectivity index (χ2n) is 6.83. The highest BCUT2D eigenvalue weighted by Gasteiger charge is 2.24. The number of carbonyl (C=O) groups excluding carboxylic acids is 2. The summed E-state index contributed by atoms with van der Waals surface area (Å²) in [6.07, 6.45) is 5.01. The molecule has 0 aromatic carbocycles. The fourth-order valence-electron chi connectivity index (χ4n) is 3.31. The summed E-state index contributed by atoms with van der Waals surface area (Å²) in [5, 5.41) is 3.48. The van der Waals surface area contributed by atoms with Crippen LogP contribution in [0.2, 0.25) is 0 Å². The van der Waals surface area contributed by atoms with Crippen molar-refractivity contribution in [3.63, 3.8) is 0 Å². The lowest BCUT2D eigenvalue weighted by molar-refractivity contribution is 0.0749. The number of hydrogen-bond donors (Lipinski definition) is 1. The zero-order valence-corrected chi connectivity index (χ0v) is 16.7. The second kappa shape index (κ2) is 10.7. The molecule has 0 aliphatic carbocycles. The molecule has 2 heterocycles. The molecule has 0 unspecified atom stereocenters. The van der Waals surface area contributed by atoms with Crippen molar-refractivity contribution in [2.45, 2.75) is 52.5 Å². The normalized spacial score (nSPS) is 14.7. The van der Waals surface area contributed by atoms with Crippen molar-refractivity contribution in [1.29, 1.82) is 0 Å². The van der Waals surface area contributed by atoms with E-state index in [9.17, 15) is 9.59 Å². The third-order valence-electron chi connectivity index (χ3n) is 4.65. The first-order valence-corrected chi connectivity index (χ1v) is 10.0. The van der Waals surface area contributed by atoms with Crippen LogP contribution in [0.3, 0.4) is 0 Å². The Balaban J connectivity index is 1.94. The lowest BCUT2D eigenvalue weighted by atomic mass is 10.1. The number of piperidine rings is 1. The third kappa shape index (κ3) is 6.12. The number of amides is 2. The molecule has 1 saturated heterocycles. The molecule has 2 amide bonds. The molecule has 0 atom stereocenters. The standard InChI is InChI=1S/C20H32N4O3/c1-4-11-23(12-5-2)19(25)18-15-17(7-10-21-18)22-16-8-13-24(14-9-16)20(26)27-6-3/h7,10,15-16H,4-6,8-9,11-14H2,1-3H3,(H,21,22). The van der Waals surface area contributed by atoms with Crippen LogP contribution < -0.4 is 5.32 Å². The van der Waals surface area contributed by atoms with Crippen LogP contribution >= 0.6 is 0 Å². The van der Waals surface area contributed by atoms with Crippen molar-refractivity contribution in [1.82, 2.24) is 14.8 Å². The van der Waals surface area contributed by atoms with E-state index >= 15 is 0 Å². The van der Waals surface area contributed by atoms with Crippen molar-refractivity contribution in [2.24, 2.45) is 0 Å². The van der Waals surface area contributed by atoms with Crippen LogP contribution in [-0.2, 0) is 4.74 Å². The molecule has 27 heavy (non-hydrogen) atoms. The molecule has 1 aromatic rings. The average molecular weight is 377 g/mol. The van der Waals surface area contributed by atoms with Crippen LogP contribution in [0.4, 0.5) is 10.5 Å². The van der Waals surface area contributed by atoms with Gasteiger partial charge in [-0.15, -0.1) is 0 Å². The smallest absolute Gasteiger partial charge is 0.409 e. The van der Waals surface area contributed by atoms with E-state index in [-0.39, 0.29) is 18.0 Å². The summed E-state index contributed by atoms with van der Waals surface area (Å²) < 4.78 is 5.06. The highest BCUT2D eigenvalue weighted by atomic mass is 16.6. The lowest BCUT2D eigenvalue weighted by Crippen LogP contribution is -2.42. The predicted octanol–water partition coefficient (Wildman–Crippen LogP) is 3.38. The molecule has 150 valence electrons. The Labute approximate surface area is 162 Å². The molecular formula is C20H32N4O3. The minimum absolute atomic E-state index is 0.0144. The molecular weight excluding hydrogens is 344 g/mol. The van der Waals surface area contributed by atoms with Gasteiger partial charge in [-0.1, -0.05) is 13.8 Å². The van der Waals surface area contributed by atoms with E-state index in [1.165, 1.54) is 0 Å². The number of nitrogens with one attached hydrogen (secondary N) is 1. The molecule has 0 bridgehead atoms. The van der Waals surface area contributed by atoms with E-state index < -0.39 is 0 Å². The number of likely N-dealkylation sites (tertiary alicyclic amines) is 1. The predicted molar refractivity (Wildman–Crippen MR) is 106 cm³/mol. The van der Waals surface area contributed by atoms with Gasteiger partial charge in [0.05, 0.1) is 6.61 Å². The zero-order chi connectivity index (χ0) is 19.6. The molecule has 1 aliphatic rings. The highest BCUT2D eigenvalue weighted by Crippen LogP contribution is 2.18. The Morgan fingerprint density at radius 2 is 1.89 bits per heavy atom. The monoisotopic (exact) mass is 376 g/mol. The van der Waals surface area contributed by atoms with Gasteiger partial charge in [0, 0.05) is 44.1 Å². The first-order valence-electron chi connectivity index (χ1n) is 10.0. The number of aromatic nitrogens is 1. The Hall–Kier alpha value is -2.31. The highest BCUT2D eigenvalue weighted by molar-refractivity contribution is 5.93. The number of anilines is 1. The topological polar surface area (TPSA) is 74.8 Å². The van der Waals surface area contributed by atoms with Crippen molar-refractivity contribution in [3.8, 4) is 0 Å². The number of carbonyl (C=O) groups is 2. The fourth-order valence-corrected chi connectivity index (χ4v) is 3.31.